The largest absolute Gasteiger partial charge is 0.389 e. The van der Waals surface area contributed by atoms with E-state index < -0.39 is 6.10 Å². The molecule has 0 spiro atoms. The molecule has 0 aliphatic carbocycles. The summed E-state index contributed by atoms with van der Waals surface area (Å²) in [4.78, 5) is 0. The molecular weight excluding hydrogens is 268 g/mol. The van der Waals surface area contributed by atoms with Crippen LogP contribution in [0.1, 0.15) is 24.2 Å². The van der Waals surface area contributed by atoms with Gasteiger partial charge in [0.15, 0.2) is 0 Å². The van der Waals surface area contributed by atoms with Crippen LogP contribution in [0.15, 0.2) is 35.1 Å². The molecule has 1 atom stereocenters. The number of aliphatic hydroxyl groups excluding tert-OH is 1. The van der Waals surface area contributed by atoms with E-state index in [1.807, 2.05) is 42.2 Å². The molecule has 3 nitrogen and oxygen atoms in total. The number of halogens is 1. The smallest absolute Gasteiger partial charge is 0.0787 e. The van der Waals surface area contributed by atoms with Crippen molar-refractivity contribution in [2.45, 2.75) is 20.0 Å². The Labute approximate surface area is 103 Å². The molecule has 0 aliphatic rings. The summed E-state index contributed by atoms with van der Waals surface area (Å²) in [5.74, 6) is 0. The zero-order chi connectivity index (χ0) is 11.7. The Morgan fingerprint density at radius 2 is 2.19 bits per heavy atom. The van der Waals surface area contributed by atoms with Crippen LogP contribution in [0.4, 0.5) is 0 Å². The van der Waals surface area contributed by atoms with Gasteiger partial charge in [-0.05, 0) is 53.0 Å². The quantitative estimate of drug-likeness (QED) is 0.919. The van der Waals surface area contributed by atoms with Gasteiger partial charge in [0.1, 0.15) is 0 Å². The minimum absolute atomic E-state index is 0.454. The van der Waals surface area contributed by atoms with E-state index in [4.69, 9.17) is 0 Å². The van der Waals surface area contributed by atoms with Gasteiger partial charge in [0.25, 0.3) is 0 Å². The van der Waals surface area contributed by atoms with Gasteiger partial charge in [-0.25, -0.2) is 4.68 Å². The van der Waals surface area contributed by atoms with Crippen molar-refractivity contribution < 1.29 is 5.11 Å². The Kier molecular flexibility index (Phi) is 3.12. The molecule has 0 bridgehead atoms. The Hall–Kier alpha value is -1.13. The summed E-state index contributed by atoms with van der Waals surface area (Å²) in [5.41, 5.74) is 2.98. The van der Waals surface area contributed by atoms with E-state index in [1.54, 1.807) is 6.92 Å². The highest BCUT2D eigenvalue weighted by Crippen LogP contribution is 2.25. The van der Waals surface area contributed by atoms with Gasteiger partial charge >= 0.3 is 0 Å². The van der Waals surface area contributed by atoms with Crippen LogP contribution >= 0.6 is 15.9 Å². The third-order valence-corrected chi connectivity index (χ3v) is 3.05. The van der Waals surface area contributed by atoms with E-state index >= 15 is 0 Å². The Balaban J connectivity index is 2.44. The van der Waals surface area contributed by atoms with Crippen LogP contribution in [0.25, 0.3) is 5.69 Å². The van der Waals surface area contributed by atoms with Gasteiger partial charge in [0.2, 0.25) is 0 Å². The van der Waals surface area contributed by atoms with Crippen LogP contribution < -0.4 is 0 Å². The molecule has 1 heterocycles. The van der Waals surface area contributed by atoms with Crippen LogP contribution in [-0.4, -0.2) is 14.9 Å². The van der Waals surface area contributed by atoms with Crippen LogP contribution in [-0.2, 0) is 0 Å². The van der Waals surface area contributed by atoms with E-state index in [2.05, 4.69) is 21.0 Å². The Morgan fingerprint density at radius 3 is 2.69 bits per heavy atom. The third-order valence-electron chi connectivity index (χ3n) is 2.41. The average Bonchev–Trinajstić information content (AvgIpc) is 2.64. The van der Waals surface area contributed by atoms with Gasteiger partial charge in [-0.2, -0.15) is 5.10 Å². The summed E-state index contributed by atoms with van der Waals surface area (Å²) in [7, 11) is 0. The number of aryl methyl sites for hydroxylation is 1. The van der Waals surface area contributed by atoms with Crippen molar-refractivity contribution in [3.05, 3.63) is 46.2 Å². The number of hydrogen-bond acceptors (Lipinski definition) is 2. The third kappa shape index (κ3) is 2.18. The lowest BCUT2D eigenvalue weighted by atomic mass is 10.1. The first-order chi connectivity index (χ1) is 7.58. The van der Waals surface area contributed by atoms with E-state index in [9.17, 15) is 5.11 Å². The van der Waals surface area contributed by atoms with Crippen LogP contribution in [0.3, 0.4) is 0 Å². The predicted molar refractivity (Wildman–Crippen MR) is 66.6 cm³/mol. The first-order valence-corrected chi connectivity index (χ1v) is 5.86. The molecular formula is C12H13BrN2O. The molecule has 16 heavy (non-hydrogen) atoms. The highest BCUT2D eigenvalue weighted by Gasteiger charge is 2.07. The van der Waals surface area contributed by atoms with Crippen LogP contribution in [0, 0.1) is 6.92 Å². The minimum atomic E-state index is -0.454. The van der Waals surface area contributed by atoms with E-state index in [0.29, 0.717) is 0 Å². The second-order valence-corrected chi connectivity index (χ2v) is 4.70. The van der Waals surface area contributed by atoms with Crippen molar-refractivity contribution in [1.29, 1.82) is 0 Å². The molecule has 1 N–H and O–H groups in total. The van der Waals surface area contributed by atoms with E-state index in [-0.39, 0.29) is 0 Å². The number of aliphatic hydroxyl groups is 1. The molecule has 1 aromatic carbocycles. The topological polar surface area (TPSA) is 38.0 Å². The summed E-state index contributed by atoms with van der Waals surface area (Å²) >= 11 is 3.49. The number of nitrogens with zero attached hydrogens (tertiary/aromatic N) is 2. The van der Waals surface area contributed by atoms with Gasteiger partial charge in [0.05, 0.1) is 18.0 Å². The summed E-state index contributed by atoms with van der Waals surface area (Å²) in [5, 5.41) is 13.7. The number of hydrogen-bond donors (Lipinski definition) is 1. The lowest BCUT2D eigenvalue weighted by molar-refractivity contribution is 0.199. The molecule has 0 unspecified atom stereocenters. The van der Waals surface area contributed by atoms with Gasteiger partial charge in [-0.1, -0.05) is 6.07 Å². The molecule has 0 aliphatic heterocycles. The normalized spacial score (nSPS) is 12.8. The van der Waals surface area contributed by atoms with Gasteiger partial charge < -0.3 is 5.11 Å². The SMILES string of the molecule is Cc1cnn(-c2ccc([C@H](C)O)cc2Br)c1. The zero-order valence-corrected chi connectivity index (χ0v) is 10.8. The summed E-state index contributed by atoms with van der Waals surface area (Å²) in [6, 6.07) is 5.76. The molecule has 1 aromatic heterocycles. The predicted octanol–water partition coefficient (Wildman–Crippen LogP) is 3.00. The van der Waals surface area contributed by atoms with Crippen molar-refractivity contribution in [2.75, 3.05) is 0 Å². The number of rotatable bonds is 2. The second-order valence-electron chi connectivity index (χ2n) is 3.85. The first kappa shape index (κ1) is 11.4. The fourth-order valence-corrected chi connectivity index (χ4v) is 2.09. The standard InChI is InChI=1S/C12H13BrN2O/c1-8-6-14-15(7-8)12-4-3-10(9(2)16)5-11(12)13/h3-7,9,16H,1-2H3/t9-/m0/s1. The Bertz CT molecular complexity index is 505. The molecule has 2 aromatic rings. The number of aromatic nitrogens is 2. The molecule has 0 saturated carbocycles. The van der Waals surface area contributed by atoms with E-state index in [1.165, 1.54) is 0 Å². The van der Waals surface area contributed by atoms with Gasteiger partial charge in [0, 0.05) is 10.7 Å². The summed E-state index contributed by atoms with van der Waals surface area (Å²) < 4.78 is 2.74. The monoisotopic (exact) mass is 280 g/mol. The molecule has 0 fully saturated rings. The Morgan fingerprint density at radius 1 is 1.44 bits per heavy atom. The average molecular weight is 281 g/mol. The molecule has 0 saturated heterocycles. The van der Waals surface area contributed by atoms with Crippen LogP contribution in [0.5, 0.6) is 0 Å². The molecule has 84 valence electrons. The maximum Gasteiger partial charge on any atom is 0.0787 e. The van der Waals surface area contributed by atoms with E-state index in [0.717, 1.165) is 21.3 Å². The summed E-state index contributed by atoms with van der Waals surface area (Å²) in [6.07, 6.45) is 3.32. The fourth-order valence-electron chi connectivity index (χ4n) is 1.51. The lowest BCUT2D eigenvalue weighted by Crippen LogP contribution is -1.98. The lowest BCUT2D eigenvalue weighted by Gasteiger charge is -2.09. The van der Waals surface area contributed by atoms with Gasteiger partial charge in [-0.15, -0.1) is 0 Å². The molecule has 0 radical (unpaired) electrons. The molecule has 2 rings (SSSR count). The molecule has 4 heteroatoms. The first-order valence-electron chi connectivity index (χ1n) is 5.07. The minimum Gasteiger partial charge on any atom is -0.389 e. The fraction of sp³-hybridized carbons (Fsp3) is 0.250. The van der Waals surface area contributed by atoms with Crippen molar-refractivity contribution in [3.63, 3.8) is 0 Å². The van der Waals surface area contributed by atoms with Crippen LogP contribution in [0.2, 0.25) is 0 Å². The summed E-state index contributed by atoms with van der Waals surface area (Å²) in [6.45, 7) is 3.75. The van der Waals surface area contributed by atoms with Crippen molar-refractivity contribution in [1.82, 2.24) is 9.78 Å². The van der Waals surface area contributed by atoms with Crippen molar-refractivity contribution in [3.8, 4) is 5.69 Å². The zero-order valence-electron chi connectivity index (χ0n) is 9.18. The van der Waals surface area contributed by atoms with Crippen molar-refractivity contribution >= 4 is 15.9 Å². The highest BCUT2D eigenvalue weighted by molar-refractivity contribution is 9.10. The maximum atomic E-state index is 9.47. The highest BCUT2D eigenvalue weighted by atomic mass is 79.9. The maximum absolute atomic E-state index is 9.47. The number of benzene rings is 1. The van der Waals surface area contributed by atoms with Crippen molar-refractivity contribution in [2.24, 2.45) is 0 Å². The van der Waals surface area contributed by atoms with Gasteiger partial charge in [-0.3, -0.25) is 0 Å². The second kappa shape index (κ2) is 4.39. The molecule has 0 amide bonds.